The van der Waals surface area contributed by atoms with Crippen LogP contribution in [0.3, 0.4) is 0 Å². The van der Waals surface area contributed by atoms with E-state index in [0.29, 0.717) is 0 Å². The smallest absolute Gasteiger partial charge is 0.000719 e. The van der Waals surface area contributed by atoms with Gasteiger partial charge in [-0.05, 0) is 220 Å². The summed E-state index contributed by atoms with van der Waals surface area (Å²) in [5.41, 5.74) is 12.8. The molecule has 0 atom stereocenters. The van der Waals surface area contributed by atoms with Gasteiger partial charge in [0.25, 0.3) is 0 Å². The fraction of sp³-hybridized carbons (Fsp3) is 0.0303. The summed E-state index contributed by atoms with van der Waals surface area (Å²) in [5, 5.41) is 26.4. The molecule has 0 fully saturated rings. The second-order valence-corrected chi connectivity index (χ2v) is 18.8. The molecule has 0 saturated heterocycles. The van der Waals surface area contributed by atoms with Crippen molar-refractivity contribution in [1.82, 2.24) is 0 Å². The molecular weight excluding hydrogens is 793 g/mol. The predicted octanol–water partition coefficient (Wildman–Crippen LogP) is 18.8. The Hall–Kier alpha value is -8.32. The van der Waals surface area contributed by atoms with E-state index in [0.717, 1.165) is 0 Å². The number of benzene rings is 13. The SMILES string of the molecule is Cc1cccc(C)c1-c1cc2ccc3ccc4c5cc6c(-c7ccccc7)c7c8cc9cc(-c%10ccccc%10)ccc9c9cccc(c7c(-c7ccccc7)c6cc5c5cc(c1)c2c3c45)c98. The summed E-state index contributed by atoms with van der Waals surface area (Å²) >= 11 is 0. The first kappa shape index (κ1) is 36.1. The third-order valence-electron chi connectivity index (χ3n) is 15.2. The monoisotopic (exact) mass is 832 g/mol. The molecule has 66 heavy (non-hydrogen) atoms. The van der Waals surface area contributed by atoms with Crippen LogP contribution in [0, 0.1) is 13.8 Å². The molecule has 0 spiro atoms. The minimum absolute atomic E-state index is 1.23. The van der Waals surface area contributed by atoms with E-state index in [2.05, 4.69) is 220 Å². The molecule has 0 aromatic heterocycles. The molecule has 0 N–H and O–H groups in total. The average molecular weight is 833 g/mol. The Balaban J connectivity index is 1.14. The molecule has 0 amide bonds. The van der Waals surface area contributed by atoms with Crippen LogP contribution in [0.2, 0.25) is 0 Å². The van der Waals surface area contributed by atoms with E-state index in [4.69, 9.17) is 0 Å². The van der Waals surface area contributed by atoms with Crippen LogP contribution in [0.4, 0.5) is 0 Å². The number of hydrogen-bond donors (Lipinski definition) is 0. The Labute approximate surface area is 381 Å². The molecule has 0 bridgehead atoms. The number of rotatable bonds is 4. The number of aryl methyl sites for hydroxylation is 2. The van der Waals surface area contributed by atoms with E-state index >= 15 is 0 Å². The number of hydrogen-bond acceptors (Lipinski definition) is 0. The van der Waals surface area contributed by atoms with E-state index < -0.39 is 0 Å². The lowest BCUT2D eigenvalue weighted by Gasteiger charge is -2.17. The highest BCUT2D eigenvalue weighted by Gasteiger charge is 2.27. The van der Waals surface area contributed by atoms with Crippen molar-refractivity contribution in [2.45, 2.75) is 13.8 Å². The molecule has 304 valence electrons. The highest BCUT2D eigenvalue weighted by Crippen LogP contribution is 2.55. The van der Waals surface area contributed by atoms with E-state index in [1.54, 1.807) is 0 Å². The van der Waals surface area contributed by atoms with Gasteiger partial charge in [0.2, 0.25) is 0 Å². The zero-order valence-electron chi connectivity index (χ0n) is 36.6. The molecule has 0 saturated carbocycles. The molecule has 0 unspecified atom stereocenters. The zero-order chi connectivity index (χ0) is 43.4. The van der Waals surface area contributed by atoms with Crippen molar-refractivity contribution in [1.29, 1.82) is 0 Å². The maximum absolute atomic E-state index is 2.57. The largest absolute Gasteiger partial charge is 0.0622 e. The zero-order valence-corrected chi connectivity index (χ0v) is 36.6. The summed E-state index contributed by atoms with van der Waals surface area (Å²) in [6.45, 7) is 4.49. The summed E-state index contributed by atoms with van der Waals surface area (Å²) in [5.74, 6) is 0. The van der Waals surface area contributed by atoms with Crippen LogP contribution in [0.25, 0.3) is 152 Å². The third kappa shape index (κ3) is 4.78. The van der Waals surface area contributed by atoms with E-state index in [1.807, 2.05) is 0 Å². The van der Waals surface area contributed by atoms with Crippen LogP contribution < -0.4 is 0 Å². The van der Waals surface area contributed by atoms with Crippen LogP contribution >= 0.6 is 0 Å². The first-order valence-corrected chi connectivity index (χ1v) is 23.2. The predicted molar refractivity (Wildman–Crippen MR) is 286 cm³/mol. The second kappa shape index (κ2) is 13.1. The summed E-state index contributed by atoms with van der Waals surface area (Å²) < 4.78 is 0. The Bertz CT molecular complexity index is 4460. The van der Waals surface area contributed by atoms with Crippen molar-refractivity contribution >= 4 is 108 Å². The van der Waals surface area contributed by atoms with Gasteiger partial charge in [-0.3, -0.25) is 0 Å². The Morgan fingerprint density at radius 2 is 0.727 bits per heavy atom. The molecule has 0 heterocycles. The first-order valence-electron chi connectivity index (χ1n) is 23.2. The maximum atomic E-state index is 2.57. The van der Waals surface area contributed by atoms with Crippen molar-refractivity contribution in [3.05, 3.63) is 217 Å². The summed E-state index contributed by atoms with van der Waals surface area (Å²) in [6.07, 6.45) is 0. The molecule has 15 aromatic rings. The minimum Gasteiger partial charge on any atom is -0.0622 e. The molecule has 0 aliphatic rings. The summed E-state index contributed by atoms with van der Waals surface area (Å²) in [6, 6.07) is 78.4. The lowest BCUT2D eigenvalue weighted by Crippen LogP contribution is -1.90. The van der Waals surface area contributed by atoms with Crippen molar-refractivity contribution < 1.29 is 0 Å². The molecule has 0 aliphatic heterocycles. The third-order valence-corrected chi connectivity index (χ3v) is 15.2. The molecule has 0 nitrogen and oxygen atoms in total. The van der Waals surface area contributed by atoms with E-state index in [-0.39, 0.29) is 0 Å². The second-order valence-electron chi connectivity index (χ2n) is 18.8. The van der Waals surface area contributed by atoms with Gasteiger partial charge < -0.3 is 0 Å². The Morgan fingerprint density at radius 3 is 1.44 bits per heavy atom. The lowest BCUT2D eigenvalue weighted by atomic mass is 9.85. The molecule has 15 aromatic carbocycles. The van der Waals surface area contributed by atoms with Crippen molar-refractivity contribution in [3.8, 4) is 44.5 Å². The van der Waals surface area contributed by atoms with Crippen molar-refractivity contribution in [2.75, 3.05) is 0 Å². The topological polar surface area (TPSA) is 0 Å². The van der Waals surface area contributed by atoms with Gasteiger partial charge in [-0.1, -0.05) is 164 Å². The first-order chi connectivity index (χ1) is 32.6. The minimum atomic E-state index is 1.23. The fourth-order valence-electron chi connectivity index (χ4n) is 12.6. The fourth-order valence-corrected chi connectivity index (χ4v) is 12.6. The normalized spacial score (nSPS) is 12.4. The van der Waals surface area contributed by atoms with Gasteiger partial charge in [-0.2, -0.15) is 0 Å². The van der Waals surface area contributed by atoms with Crippen LogP contribution in [0.5, 0.6) is 0 Å². The van der Waals surface area contributed by atoms with Gasteiger partial charge in [0.05, 0.1) is 0 Å². The van der Waals surface area contributed by atoms with E-state index in [1.165, 1.54) is 163 Å². The highest BCUT2D eigenvalue weighted by molar-refractivity contribution is 6.45. The molecular formula is C66H40. The molecule has 0 radical (unpaired) electrons. The molecule has 15 rings (SSSR count). The van der Waals surface area contributed by atoms with Gasteiger partial charge in [0, 0.05) is 0 Å². The van der Waals surface area contributed by atoms with Crippen molar-refractivity contribution in [3.63, 3.8) is 0 Å². The van der Waals surface area contributed by atoms with Crippen LogP contribution in [0.1, 0.15) is 11.1 Å². The van der Waals surface area contributed by atoms with Crippen LogP contribution in [-0.4, -0.2) is 0 Å². The maximum Gasteiger partial charge on any atom is -0.000719 e. The van der Waals surface area contributed by atoms with Crippen LogP contribution in [-0.2, 0) is 0 Å². The standard InChI is InChI=1S/C66H40/c1-37-14-12-15-38(2)58(37)46-31-44-25-24-42-26-29-50-52-35-55-56(36-53(52)54-34-47(32-46)59(44)62(42)64(50)54)60(40-18-8-4-9-19-40)65-51-23-13-22-49-48-28-27-43(39-16-6-3-7-17-39)30-45(48)33-57(63(49)51)66(65)61(55)41-20-10-5-11-21-41/h3-36H,1-2H3. The Kier molecular flexibility index (Phi) is 7.18. The highest BCUT2D eigenvalue weighted by atomic mass is 14.3. The van der Waals surface area contributed by atoms with Gasteiger partial charge in [-0.25, -0.2) is 0 Å². The summed E-state index contributed by atoms with van der Waals surface area (Å²) in [4.78, 5) is 0. The number of fused-ring (bicyclic) bond motifs is 9. The van der Waals surface area contributed by atoms with Gasteiger partial charge >= 0.3 is 0 Å². The quantitative estimate of drug-likeness (QED) is 0.155. The molecule has 0 aliphatic carbocycles. The van der Waals surface area contributed by atoms with E-state index in [9.17, 15) is 0 Å². The van der Waals surface area contributed by atoms with Gasteiger partial charge in [-0.15, -0.1) is 0 Å². The lowest BCUT2D eigenvalue weighted by molar-refractivity contribution is 1.38. The van der Waals surface area contributed by atoms with Crippen molar-refractivity contribution in [2.24, 2.45) is 0 Å². The summed E-state index contributed by atoms with van der Waals surface area (Å²) in [7, 11) is 0. The van der Waals surface area contributed by atoms with Gasteiger partial charge in [0.1, 0.15) is 0 Å². The van der Waals surface area contributed by atoms with Gasteiger partial charge in [0.15, 0.2) is 0 Å². The Morgan fingerprint density at radius 1 is 0.197 bits per heavy atom. The van der Waals surface area contributed by atoms with Crippen LogP contribution in [0.15, 0.2) is 206 Å². The average Bonchev–Trinajstić information content (AvgIpc) is 3.85. The molecule has 0 heteroatoms.